The van der Waals surface area contributed by atoms with Crippen molar-refractivity contribution >= 4 is 0 Å². The summed E-state index contributed by atoms with van der Waals surface area (Å²) in [7, 11) is 0. The van der Waals surface area contributed by atoms with Gasteiger partial charge in [-0.3, -0.25) is 9.80 Å². The van der Waals surface area contributed by atoms with Crippen molar-refractivity contribution in [3.63, 3.8) is 0 Å². The molecular formula is C44H82N2. The van der Waals surface area contributed by atoms with Crippen molar-refractivity contribution in [3.8, 4) is 0 Å². The average Bonchev–Trinajstić information content (AvgIpc) is 3.25. The summed E-state index contributed by atoms with van der Waals surface area (Å²) in [5, 5.41) is 0. The maximum absolute atomic E-state index is 3.32. The lowest BCUT2D eigenvalue weighted by atomic mass is 9.87. The quantitative estimate of drug-likeness (QED) is 0.286. The van der Waals surface area contributed by atoms with Crippen LogP contribution in [0.5, 0.6) is 0 Å². The molecule has 5 fully saturated rings. The monoisotopic (exact) mass is 639 g/mol. The van der Waals surface area contributed by atoms with Crippen LogP contribution < -0.4 is 0 Å². The molecule has 0 saturated heterocycles. The molecule has 268 valence electrons. The predicted molar refractivity (Wildman–Crippen MR) is 202 cm³/mol. The van der Waals surface area contributed by atoms with Crippen LogP contribution in [-0.2, 0) is 0 Å². The molecule has 2 heteroatoms. The van der Waals surface area contributed by atoms with Crippen molar-refractivity contribution in [2.45, 2.75) is 280 Å². The van der Waals surface area contributed by atoms with E-state index in [1.165, 1.54) is 244 Å². The second-order valence-corrected chi connectivity index (χ2v) is 17.5. The minimum absolute atomic E-state index is 0.871. The van der Waals surface area contributed by atoms with Gasteiger partial charge in [0.15, 0.2) is 0 Å². The highest BCUT2D eigenvalue weighted by Crippen LogP contribution is 2.37. The van der Waals surface area contributed by atoms with E-state index in [9.17, 15) is 0 Å². The van der Waals surface area contributed by atoms with Crippen LogP contribution in [0.15, 0.2) is 0 Å². The zero-order chi connectivity index (χ0) is 31.5. The molecule has 2 unspecified atom stereocenters. The van der Waals surface area contributed by atoms with Crippen molar-refractivity contribution in [3.05, 3.63) is 0 Å². The van der Waals surface area contributed by atoms with Gasteiger partial charge in [-0.25, -0.2) is 0 Å². The highest BCUT2D eigenvalue weighted by molar-refractivity contribution is 4.91. The molecule has 0 heterocycles. The third-order valence-electron chi connectivity index (χ3n) is 14.0. The fraction of sp³-hybridized carbons (Fsp3) is 1.00. The molecule has 2 atom stereocenters. The molecule has 5 aliphatic carbocycles. The summed E-state index contributed by atoms with van der Waals surface area (Å²) < 4.78 is 0. The minimum atomic E-state index is 0.871. The van der Waals surface area contributed by atoms with Crippen LogP contribution in [0.2, 0.25) is 0 Å². The van der Waals surface area contributed by atoms with Crippen LogP contribution in [0.4, 0.5) is 0 Å². The van der Waals surface area contributed by atoms with Crippen LogP contribution in [-0.4, -0.2) is 46.1 Å². The standard InChI is InChI=1S/C44H82N2/c1-2-8-16-27-39(28-17-9-3-1)45(41-31-20-12-6-13-21-32-41)43-35-24-25-36-44(38-26-37-43)46(42-33-22-14-7-15-23-34-42)40-29-18-10-4-5-11-19-30-40/h39-44H,1-38H2. The van der Waals surface area contributed by atoms with Gasteiger partial charge in [-0.15, -0.1) is 0 Å². The van der Waals surface area contributed by atoms with Crippen LogP contribution in [0.1, 0.15) is 244 Å². The third-order valence-corrected chi connectivity index (χ3v) is 14.0. The van der Waals surface area contributed by atoms with E-state index >= 15 is 0 Å². The van der Waals surface area contributed by atoms with E-state index in [1.807, 2.05) is 0 Å². The molecule has 46 heavy (non-hydrogen) atoms. The Morgan fingerprint density at radius 1 is 0.152 bits per heavy atom. The Morgan fingerprint density at radius 2 is 0.283 bits per heavy atom. The molecule has 0 radical (unpaired) electrons. The van der Waals surface area contributed by atoms with Gasteiger partial charge < -0.3 is 0 Å². The van der Waals surface area contributed by atoms with Gasteiger partial charge in [0.25, 0.3) is 0 Å². The first-order valence-electron chi connectivity index (χ1n) is 22.4. The summed E-state index contributed by atoms with van der Waals surface area (Å²) in [6, 6.07) is 5.29. The Hall–Kier alpha value is -0.0800. The molecule has 0 aromatic heterocycles. The molecule has 0 aromatic carbocycles. The molecule has 5 rings (SSSR count). The highest BCUT2D eigenvalue weighted by atomic mass is 15.2. The Labute approximate surface area is 289 Å². The minimum Gasteiger partial charge on any atom is -0.294 e. The number of hydrogen-bond acceptors (Lipinski definition) is 2. The summed E-state index contributed by atoms with van der Waals surface area (Å²) in [6.07, 6.45) is 57.1. The molecule has 0 aliphatic heterocycles. The summed E-state index contributed by atoms with van der Waals surface area (Å²) >= 11 is 0. The molecule has 0 aromatic rings. The van der Waals surface area contributed by atoms with Crippen LogP contribution in [0.25, 0.3) is 0 Å². The molecule has 0 amide bonds. The average molecular weight is 639 g/mol. The maximum atomic E-state index is 3.32. The highest BCUT2D eigenvalue weighted by Gasteiger charge is 2.36. The van der Waals surface area contributed by atoms with Crippen LogP contribution in [0, 0.1) is 0 Å². The summed E-state index contributed by atoms with van der Waals surface area (Å²) in [5.41, 5.74) is 0. The zero-order valence-electron chi connectivity index (χ0n) is 31.2. The number of hydrogen-bond donors (Lipinski definition) is 0. The van der Waals surface area contributed by atoms with Crippen molar-refractivity contribution in [1.29, 1.82) is 0 Å². The van der Waals surface area contributed by atoms with Crippen LogP contribution in [0.3, 0.4) is 0 Å². The predicted octanol–water partition coefficient (Wildman–Crippen LogP) is 13.7. The van der Waals surface area contributed by atoms with Gasteiger partial charge in [0.1, 0.15) is 0 Å². The first-order chi connectivity index (χ1) is 22.9. The van der Waals surface area contributed by atoms with Gasteiger partial charge in [0.2, 0.25) is 0 Å². The molecule has 5 aliphatic rings. The van der Waals surface area contributed by atoms with Gasteiger partial charge in [0.05, 0.1) is 0 Å². The third kappa shape index (κ3) is 12.7. The van der Waals surface area contributed by atoms with Crippen molar-refractivity contribution in [2.24, 2.45) is 0 Å². The number of nitrogens with zero attached hydrogens (tertiary/aromatic N) is 2. The lowest BCUT2D eigenvalue weighted by molar-refractivity contribution is 0.0340. The lowest BCUT2D eigenvalue weighted by Crippen LogP contribution is -2.50. The number of rotatable bonds is 6. The molecule has 0 N–H and O–H groups in total. The first kappa shape index (κ1) is 37.2. The van der Waals surface area contributed by atoms with E-state index in [2.05, 4.69) is 9.80 Å². The zero-order valence-corrected chi connectivity index (χ0v) is 31.2. The largest absolute Gasteiger partial charge is 0.294 e. The first-order valence-corrected chi connectivity index (χ1v) is 22.4. The van der Waals surface area contributed by atoms with Gasteiger partial charge in [-0.05, 0) is 77.0 Å². The van der Waals surface area contributed by atoms with Gasteiger partial charge in [-0.1, -0.05) is 167 Å². The Morgan fingerprint density at radius 3 is 0.478 bits per heavy atom. The molecule has 0 bridgehead atoms. The Kier molecular flexibility index (Phi) is 18.3. The summed E-state index contributed by atoms with van der Waals surface area (Å²) in [5.74, 6) is 0. The topological polar surface area (TPSA) is 6.48 Å². The van der Waals surface area contributed by atoms with Gasteiger partial charge >= 0.3 is 0 Å². The van der Waals surface area contributed by atoms with Crippen molar-refractivity contribution in [2.75, 3.05) is 0 Å². The molecule has 5 saturated carbocycles. The van der Waals surface area contributed by atoms with E-state index in [-0.39, 0.29) is 0 Å². The molecule has 2 nitrogen and oxygen atoms in total. The van der Waals surface area contributed by atoms with E-state index in [4.69, 9.17) is 0 Å². The normalized spacial score (nSPS) is 30.4. The smallest absolute Gasteiger partial charge is 0.0101 e. The van der Waals surface area contributed by atoms with E-state index < -0.39 is 0 Å². The molecular weight excluding hydrogens is 556 g/mol. The van der Waals surface area contributed by atoms with E-state index in [0.717, 1.165) is 36.3 Å². The Balaban J connectivity index is 1.31. The second kappa shape index (κ2) is 22.6. The lowest BCUT2D eigenvalue weighted by Gasteiger charge is -2.46. The van der Waals surface area contributed by atoms with Crippen LogP contribution >= 0.6 is 0 Å². The van der Waals surface area contributed by atoms with Gasteiger partial charge in [0, 0.05) is 36.3 Å². The summed E-state index contributed by atoms with van der Waals surface area (Å²) in [6.45, 7) is 0. The van der Waals surface area contributed by atoms with Crippen molar-refractivity contribution in [1.82, 2.24) is 9.80 Å². The summed E-state index contributed by atoms with van der Waals surface area (Å²) in [4.78, 5) is 6.63. The second-order valence-electron chi connectivity index (χ2n) is 17.5. The van der Waals surface area contributed by atoms with E-state index in [1.54, 1.807) is 0 Å². The van der Waals surface area contributed by atoms with E-state index in [0.29, 0.717) is 0 Å². The fourth-order valence-electron chi connectivity index (χ4n) is 11.5. The fourth-order valence-corrected chi connectivity index (χ4v) is 11.5. The van der Waals surface area contributed by atoms with Crippen molar-refractivity contribution < 1.29 is 0 Å². The van der Waals surface area contributed by atoms with Gasteiger partial charge in [-0.2, -0.15) is 0 Å². The maximum Gasteiger partial charge on any atom is 0.0101 e. The Bertz CT molecular complexity index is 714. The SMILES string of the molecule is C1CCCCC(N(C2CCCCCCC2)C2CCCCC(N(C3CCCCCCCC3)C3CCCCCCC3)CCC2)CCCC1. The molecule has 0 spiro atoms.